The number of aryl methyl sites for hydroxylation is 2. The number of aromatic nitrogens is 1. The van der Waals surface area contributed by atoms with E-state index in [1.165, 1.54) is 17.5 Å². The monoisotopic (exact) mass is 348 g/mol. The van der Waals surface area contributed by atoms with E-state index in [0.717, 1.165) is 15.3 Å². The van der Waals surface area contributed by atoms with Crippen LogP contribution in [0.1, 0.15) is 15.3 Å². The molecule has 2 aromatic heterocycles. The second-order valence-electron chi connectivity index (χ2n) is 5.11. The molecule has 3 aromatic rings. The van der Waals surface area contributed by atoms with Crippen LogP contribution in [-0.2, 0) is 16.6 Å². The van der Waals surface area contributed by atoms with Gasteiger partial charge < -0.3 is 4.52 Å². The molecule has 3 rings (SSSR count). The molecule has 0 saturated heterocycles. The molecule has 0 aliphatic rings. The van der Waals surface area contributed by atoms with Gasteiger partial charge in [-0.25, -0.2) is 13.1 Å². The zero-order valence-corrected chi connectivity index (χ0v) is 14.4. The van der Waals surface area contributed by atoms with Crippen LogP contribution in [0.15, 0.2) is 52.0 Å². The Morgan fingerprint density at radius 3 is 2.52 bits per heavy atom. The Hall–Kier alpha value is -1.96. The van der Waals surface area contributed by atoms with Crippen molar-refractivity contribution in [3.8, 4) is 11.3 Å². The summed E-state index contributed by atoms with van der Waals surface area (Å²) in [4.78, 5) is 1.89. The molecule has 120 valence electrons. The van der Waals surface area contributed by atoms with Gasteiger partial charge in [0.2, 0.25) is 10.0 Å². The maximum Gasteiger partial charge on any atom is 0.242 e. The van der Waals surface area contributed by atoms with Crippen molar-refractivity contribution < 1.29 is 12.9 Å². The van der Waals surface area contributed by atoms with Crippen molar-refractivity contribution in [2.24, 2.45) is 0 Å². The first-order chi connectivity index (χ1) is 11.0. The van der Waals surface area contributed by atoms with Crippen molar-refractivity contribution in [2.45, 2.75) is 25.3 Å². The Morgan fingerprint density at radius 2 is 1.87 bits per heavy atom. The van der Waals surface area contributed by atoms with E-state index >= 15 is 0 Å². The highest BCUT2D eigenvalue weighted by molar-refractivity contribution is 7.89. The van der Waals surface area contributed by atoms with Crippen LogP contribution in [0.25, 0.3) is 11.3 Å². The van der Waals surface area contributed by atoms with Gasteiger partial charge >= 0.3 is 0 Å². The number of thiophene rings is 1. The molecule has 0 bridgehead atoms. The largest absolute Gasteiger partial charge is 0.356 e. The number of nitrogens with zero attached hydrogens (tertiary/aromatic N) is 1. The van der Waals surface area contributed by atoms with E-state index in [1.807, 2.05) is 37.3 Å². The zero-order valence-electron chi connectivity index (χ0n) is 12.7. The summed E-state index contributed by atoms with van der Waals surface area (Å²) in [6.07, 6.45) is 1.51. The Balaban J connectivity index is 1.97. The third-order valence-electron chi connectivity index (χ3n) is 3.47. The van der Waals surface area contributed by atoms with E-state index in [4.69, 9.17) is 4.52 Å². The fourth-order valence-corrected chi connectivity index (χ4v) is 5.34. The van der Waals surface area contributed by atoms with E-state index in [0.29, 0.717) is 11.3 Å². The van der Waals surface area contributed by atoms with Crippen molar-refractivity contribution in [1.82, 2.24) is 9.88 Å². The third-order valence-corrected chi connectivity index (χ3v) is 6.19. The van der Waals surface area contributed by atoms with Crippen molar-refractivity contribution in [3.63, 3.8) is 0 Å². The predicted octanol–water partition coefficient (Wildman–Crippen LogP) is 3.50. The molecular formula is C16H16N2O3S2. The predicted molar refractivity (Wildman–Crippen MR) is 89.8 cm³/mol. The summed E-state index contributed by atoms with van der Waals surface area (Å²) in [7, 11) is -3.65. The van der Waals surface area contributed by atoms with E-state index in [-0.39, 0.29) is 11.4 Å². The SMILES string of the molecule is Cc1sc(C)c(S(=O)(=O)NCc2ccccc2)c1-c1ccno1. The van der Waals surface area contributed by atoms with Crippen LogP contribution >= 0.6 is 11.3 Å². The van der Waals surface area contributed by atoms with Crippen molar-refractivity contribution in [1.29, 1.82) is 0 Å². The Labute approximate surface area is 139 Å². The second-order valence-corrected chi connectivity index (χ2v) is 8.24. The molecule has 1 aromatic carbocycles. The number of sulfonamides is 1. The van der Waals surface area contributed by atoms with Gasteiger partial charge in [-0.15, -0.1) is 11.3 Å². The second kappa shape index (κ2) is 6.27. The fourth-order valence-electron chi connectivity index (χ4n) is 2.46. The average molecular weight is 348 g/mol. The van der Waals surface area contributed by atoms with Crippen molar-refractivity contribution in [3.05, 3.63) is 57.9 Å². The standard InChI is InChI=1S/C16H16N2O3S2/c1-11-15(14-8-9-17-21-14)16(12(2)22-11)23(19,20)18-10-13-6-4-3-5-7-13/h3-9,18H,10H2,1-2H3. The van der Waals surface area contributed by atoms with Gasteiger partial charge in [-0.1, -0.05) is 35.5 Å². The lowest BCUT2D eigenvalue weighted by atomic mass is 10.2. The van der Waals surface area contributed by atoms with Crippen molar-refractivity contribution in [2.75, 3.05) is 0 Å². The van der Waals surface area contributed by atoms with Crippen LogP contribution in [-0.4, -0.2) is 13.6 Å². The summed E-state index contributed by atoms with van der Waals surface area (Å²) in [5.74, 6) is 0.465. The molecule has 1 N–H and O–H groups in total. The van der Waals surface area contributed by atoms with E-state index < -0.39 is 10.0 Å². The smallest absolute Gasteiger partial charge is 0.242 e. The minimum atomic E-state index is -3.65. The molecule has 0 unspecified atom stereocenters. The number of nitrogens with one attached hydrogen (secondary N) is 1. The molecule has 0 aliphatic carbocycles. The maximum absolute atomic E-state index is 12.8. The van der Waals surface area contributed by atoms with Crippen LogP contribution in [0.3, 0.4) is 0 Å². The minimum Gasteiger partial charge on any atom is -0.356 e. The maximum atomic E-state index is 12.8. The van der Waals surface area contributed by atoms with Crippen LogP contribution in [0.4, 0.5) is 0 Å². The molecule has 0 fully saturated rings. The number of rotatable bonds is 5. The highest BCUT2D eigenvalue weighted by Gasteiger charge is 2.27. The first kappa shape index (κ1) is 15.9. The third kappa shape index (κ3) is 3.21. The van der Waals surface area contributed by atoms with Gasteiger partial charge in [0.05, 0.1) is 11.8 Å². The summed E-state index contributed by atoms with van der Waals surface area (Å²) in [5.41, 5.74) is 1.49. The highest BCUT2D eigenvalue weighted by Crippen LogP contribution is 2.38. The Morgan fingerprint density at radius 1 is 1.13 bits per heavy atom. The lowest BCUT2D eigenvalue weighted by Gasteiger charge is -2.08. The Kier molecular flexibility index (Phi) is 4.34. The topological polar surface area (TPSA) is 72.2 Å². The highest BCUT2D eigenvalue weighted by atomic mass is 32.2. The van der Waals surface area contributed by atoms with Crippen LogP contribution < -0.4 is 4.72 Å². The lowest BCUT2D eigenvalue weighted by molar-refractivity contribution is 0.431. The van der Waals surface area contributed by atoms with E-state index in [1.54, 1.807) is 13.0 Å². The first-order valence-electron chi connectivity index (χ1n) is 7.03. The molecule has 0 atom stereocenters. The van der Waals surface area contributed by atoms with Gasteiger partial charge in [-0.3, -0.25) is 0 Å². The van der Waals surface area contributed by atoms with Gasteiger partial charge in [0.1, 0.15) is 4.90 Å². The molecular weight excluding hydrogens is 332 g/mol. The van der Waals surface area contributed by atoms with Crippen molar-refractivity contribution >= 4 is 21.4 Å². The molecule has 0 radical (unpaired) electrons. The number of benzene rings is 1. The molecule has 0 spiro atoms. The van der Waals surface area contributed by atoms with Gasteiger partial charge in [-0.05, 0) is 19.4 Å². The molecule has 2 heterocycles. The first-order valence-corrected chi connectivity index (χ1v) is 9.33. The number of hydrogen-bond acceptors (Lipinski definition) is 5. The summed E-state index contributed by atoms with van der Waals surface area (Å²) in [6.45, 7) is 3.92. The average Bonchev–Trinajstić information content (AvgIpc) is 3.14. The molecule has 5 nitrogen and oxygen atoms in total. The molecule has 23 heavy (non-hydrogen) atoms. The molecule has 0 aliphatic heterocycles. The summed E-state index contributed by atoms with van der Waals surface area (Å²) in [6, 6.07) is 11.1. The fraction of sp³-hybridized carbons (Fsp3) is 0.188. The van der Waals surface area contributed by atoms with Crippen LogP contribution in [0, 0.1) is 13.8 Å². The zero-order chi connectivity index (χ0) is 16.4. The van der Waals surface area contributed by atoms with E-state index in [9.17, 15) is 8.42 Å². The molecule has 0 saturated carbocycles. The van der Waals surface area contributed by atoms with Crippen LogP contribution in [0.5, 0.6) is 0 Å². The normalized spacial score (nSPS) is 11.7. The number of hydrogen-bond donors (Lipinski definition) is 1. The molecule has 7 heteroatoms. The van der Waals surface area contributed by atoms with E-state index in [2.05, 4.69) is 9.88 Å². The lowest BCUT2D eigenvalue weighted by Crippen LogP contribution is -2.24. The summed E-state index contributed by atoms with van der Waals surface area (Å²) < 4.78 is 33.4. The van der Waals surface area contributed by atoms with Gasteiger partial charge in [0.25, 0.3) is 0 Å². The summed E-state index contributed by atoms with van der Waals surface area (Å²) >= 11 is 1.44. The van der Waals surface area contributed by atoms with Gasteiger partial charge in [0, 0.05) is 22.4 Å². The Bertz CT molecular complexity index is 898. The van der Waals surface area contributed by atoms with Crippen LogP contribution in [0.2, 0.25) is 0 Å². The quantitative estimate of drug-likeness (QED) is 0.766. The minimum absolute atomic E-state index is 0.243. The summed E-state index contributed by atoms with van der Waals surface area (Å²) in [5, 5.41) is 3.68. The van der Waals surface area contributed by atoms with Gasteiger partial charge in [0.15, 0.2) is 5.76 Å². The van der Waals surface area contributed by atoms with Gasteiger partial charge in [-0.2, -0.15) is 0 Å². The molecule has 0 amide bonds.